The van der Waals surface area contributed by atoms with Crippen LogP contribution in [0.4, 0.5) is 0 Å². The van der Waals surface area contributed by atoms with E-state index in [9.17, 15) is 5.11 Å². The second-order valence-electron chi connectivity index (χ2n) is 5.73. The van der Waals surface area contributed by atoms with E-state index in [0.29, 0.717) is 29.6 Å². The standard InChI is InChI=1S/C19H24ClN3O3.HI/c1-21-19(23(2)12-13-5-7-15(20)8-6-13)22-11-14-9-16(25-3)18(24)17(10-14)26-4;/h5-10,24H,11-12H2,1-4H3,(H,21,22);1H. The number of guanidine groups is 1. The van der Waals surface area contributed by atoms with E-state index in [-0.39, 0.29) is 29.7 Å². The molecule has 0 bridgehead atoms. The van der Waals surface area contributed by atoms with Crippen molar-refractivity contribution in [3.05, 3.63) is 52.5 Å². The molecule has 0 saturated heterocycles. The fourth-order valence-corrected chi connectivity index (χ4v) is 2.68. The lowest BCUT2D eigenvalue weighted by molar-refractivity contribution is 0.339. The summed E-state index contributed by atoms with van der Waals surface area (Å²) in [5, 5.41) is 14.0. The Morgan fingerprint density at radius 3 is 2.15 bits per heavy atom. The van der Waals surface area contributed by atoms with Crippen LogP contribution >= 0.6 is 35.6 Å². The lowest BCUT2D eigenvalue weighted by atomic mass is 10.2. The van der Waals surface area contributed by atoms with Crippen LogP contribution in [0.5, 0.6) is 17.2 Å². The molecule has 2 rings (SSSR count). The second kappa shape index (κ2) is 11.1. The van der Waals surface area contributed by atoms with E-state index >= 15 is 0 Å². The predicted molar refractivity (Wildman–Crippen MR) is 120 cm³/mol. The van der Waals surface area contributed by atoms with E-state index in [1.165, 1.54) is 14.2 Å². The first-order valence-corrected chi connectivity index (χ1v) is 8.46. The molecule has 0 spiro atoms. The Bertz CT molecular complexity index is 744. The molecule has 2 aromatic carbocycles. The van der Waals surface area contributed by atoms with Crippen molar-refractivity contribution in [2.45, 2.75) is 13.1 Å². The van der Waals surface area contributed by atoms with Crippen LogP contribution in [0.25, 0.3) is 0 Å². The molecule has 2 aromatic rings. The molecular weight excluding hydrogens is 481 g/mol. The van der Waals surface area contributed by atoms with Crippen LogP contribution in [0.2, 0.25) is 5.02 Å². The zero-order chi connectivity index (χ0) is 19.1. The van der Waals surface area contributed by atoms with Crippen molar-refractivity contribution in [2.24, 2.45) is 4.99 Å². The first-order chi connectivity index (χ1) is 12.5. The van der Waals surface area contributed by atoms with E-state index in [4.69, 9.17) is 21.1 Å². The van der Waals surface area contributed by atoms with Gasteiger partial charge in [-0.2, -0.15) is 0 Å². The molecule has 27 heavy (non-hydrogen) atoms. The van der Waals surface area contributed by atoms with Crippen molar-refractivity contribution in [1.29, 1.82) is 0 Å². The summed E-state index contributed by atoms with van der Waals surface area (Å²) in [6, 6.07) is 11.2. The number of aliphatic imine (C=N–C) groups is 1. The van der Waals surface area contributed by atoms with Crippen molar-refractivity contribution in [3.8, 4) is 17.2 Å². The van der Waals surface area contributed by atoms with Gasteiger partial charge >= 0.3 is 0 Å². The van der Waals surface area contributed by atoms with Gasteiger partial charge in [0.1, 0.15) is 0 Å². The van der Waals surface area contributed by atoms with Crippen molar-refractivity contribution < 1.29 is 14.6 Å². The molecule has 0 radical (unpaired) electrons. The maximum absolute atomic E-state index is 10.00. The van der Waals surface area contributed by atoms with Crippen LogP contribution < -0.4 is 14.8 Å². The molecule has 0 amide bonds. The van der Waals surface area contributed by atoms with Gasteiger partial charge in [-0.1, -0.05) is 23.7 Å². The molecule has 148 valence electrons. The topological polar surface area (TPSA) is 66.3 Å². The summed E-state index contributed by atoms with van der Waals surface area (Å²) < 4.78 is 10.4. The fraction of sp³-hybridized carbons (Fsp3) is 0.316. The number of rotatable bonds is 6. The van der Waals surface area contributed by atoms with Crippen LogP contribution in [0.3, 0.4) is 0 Å². The Balaban J connectivity index is 0.00000364. The van der Waals surface area contributed by atoms with Gasteiger partial charge in [-0.3, -0.25) is 4.99 Å². The summed E-state index contributed by atoms with van der Waals surface area (Å²) in [4.78, 5) is 6.33. The minimum Gasteiger partial charge on any atom is -0.502 e. The lowest BCUT2D eigenvalue weighted by Gasteiger charge is -2.22. The average molecular weight is 506 g/mol. The largest absolute Gasteiger partial charge is 0.502 e. The van der Waals surface area contributed by atoms with Gasteiger partial charge in [0.15, 0.2) is 17.5 Å². The summed E-state index contributed by atoms with van der Waals surface area (Å²) in [5.41, 5.74) is 2.03. The summed E-state index contributed by atoms with van der Waals surface area (Å²) in [5.74, 6) is 1.46. The van der Waals surface area contributed by atoms with Crippen LogP contribution in [0, 0.1) is 0 Å². The SMILES string of the molecule is CN=C(NCc1cc(OC)c(O)c(OC)c1)N(C)Cc1ccc(Cl)cc1.I. The maximum atomic E-state index is 10.00. The van der Waals surface area contributed by atoms with Gasteiger partial charge in [0.2, 0.25) is 5.75 Å². The molecule has 0 heterocycles. The Morgan fingerprint density at radius 1 is 1.11 bits per heavy atom. The monoisotopic (exact) mass is 505 g/mol. The summed E-state index contributed by atoms with van der Waals surface area (Å²) >= 11 is 5.93. The van der Waals surface area contributed by atoms with Gasteiger partial charge < -0.3 is 24.8 Å². The first kappa shape index (κ1) is 23.2. The van der Waals surface area contributed by atoms with E-state index < -0.39 is 0 Å². The number of benzene rings is 2. The average Bonchev–Trinajstić information content (AvgIpc) is 2.65. The second-order valence-corrected chi connectivity index (χ2v) is 6.17. The fourth-order valence-electron chi connectivity index (χ4n) is 2.55. The number of aromatic hydroxyl groups is 1. The molecule has 0 aliphatic rings. The lowest BCUT2D eigenvalue weighted by Crippen LogP contribution is -2.38. The maximum Gasteiger partial charge on any atom is 0.200 e. The number of hydrogen-bond donors (Lipinski definition) is 2. The summed E-state index contributed by atoms with van der Waals surface area (Å²) in [7, 11) is 6.70. The highest BCUT2D eigenvalue weighted by Crippen LogP contribution is 2.37. The van der Waals surface area contributed by atoms with Crippen LogP contribution in [0.15, 0.2) is 41.4 Å². The van der Waals surface area contributed by atoms with E-state index in [1.54, 1.807) is 19.2 Å². The molecule has 0 unspecified atom stereocenters. The summed E-state index contributed by atoms with van der Waals surface area (Å²) in [6.07, 6.45) is 0. The molecule has 0 saturated carbocycles. The number of nitrogens with one attached hydrogen (secondary N) is 1. The van der Waals surface area contributed by atoms with Crippen molar-refractivity contribution >= 4 is 41.5 Å². The van der Waals surface area contributed by atoms with Gasteiger partial charge in [0.05, 0.1) is 14.2 Å². The molecule has 0 aromatic heterocycles. The third kappa shape index (κ3) is 6.35. The Morgan fingerprint density at radius 2 is 1.67 bits per heavy atom. The zero-order valence-electron chi connectivity index (χ0n) is 15.8. The molecule has 0 atom stereocenters. The Labute approximate surface area is 182 Å². The van der Waals surface area contributed by atoms with E-state index in [2.05, 4.69) is 10.3 Å². The van der Waals surface area contributed by atoms with Gasteiger partial charge in [-0.25, -0.2) is 0 Å². The molecule has 0 aliphatic carbocycles. The highest BCUT2D eigenvalue weighted by Gasteiger charge is 2.12. The van der Waals surface area contributed by atoms with E-state index in [1.807, 2.05) is 36.2 Å². The predicted octanol–water partition coefficient (Wildman–Crippen LogP) is 3.89. The minimum atomic E-state index is -0.0111. The molecule has 0 fully saturated rings. The Kier molecular flexibility index (Phi) is 9.51. The van der Waals surface area contributed by atoms with Crippen molar-refractivity contribution in [2.75, 3.05) is 28.3 Å². The van der Waals surface area contributed by atoms with Crippen LogP contribution in [-0.2, 0) is 13.1 Å². The first-order valence-electron chi connectivity index (χ1n) is 8.08. The van der Waals surface area contributed by atoms with Crippen LogP contribution in [0.1, 0.15) is 11.1 Å². The molecule has 8 heteroatoms. The quantitative estimate of drug-likeness (QED) is 0.354. The number of nitrogens with zero attached hydrogens (tertiary/aromatic N) is 2. The highest BCUT2D eigenvalue weighted by molar-refractivity contribution is 14.0. The van der Waals surface area contributed by atoms with Gasteiger partial charge in [0, 0.05) is 32.2 Å². The van der Waals surface area contributed by atoms with Crippen molar-refractivity contribution in [1.82, 2.24) is 10.2 Å². The molecular formula is C19H25ClIN3O3. The van der Waals surface area contributed by atoms with Crippen LogP contribution in [-0.4, -0.2) is 44.3 Å². The number of hydrogen-bond acceptors (Lipinski definition) is 4. The third-order valence-corrected chi connectivity index (χ3v) is 4.15. The molecule has 2 N–H and O–H groups in total. The van der Waals surface area contributed by atoms with Gasteiger partial charge in [-0.15, -0.1) is 24.0 Å². The van der Waals surface area contributed by atoms with Gasteiger partial charge in [0.25, 0.3) is 0 Å². The normalized spacial score (nSPS) is 10.8. The summed E-state index contributed by atoms with van der Waals surface area (Å²) in [6.45, 7) is 1.20. The number of phenols is 1. The smallest absolute Gasteiger partial charge is 0.200 e. The highest BCUT2D eigenvalue weighted by atomic mass is 127. The van der Waals surface area contributed by atoms with E-state index in [0.717, 1.165) is 17.1 Å². The van der Waals surface area contributed by atoms with Gasteiger partial charge in [-0.05, 0) is 35.4 Å². The third-order valence-electron chi connectivity index (χ3n) is 3.90. The molecule has 0 aliphatic heterocycles. The minimum absolute atomic E-state index is 0. The van der Waals surface area contributed by atoms with Crippen molar-refractivity contribution in [3.63, 3.8) is 0 Å². The molecule has 6 nitrogen and oxygen atoms in total. The number of ether oxygens (including phenoxy) is 2. The number of phenolic OH excluding ortho intramolecular Hbond substituents is 1. The number of halogens is 2. The Hall–Kier alpha value is -1.87. The number of methoxy groups -OCH3 is 2. The zero-order valence-corrected chi connectivity index (χ0v) is 18.9.